The first-order valence-electron chi connectivity index (χ1n) is 11.0. The maximum Gasteiger partial charge on any atom is 0.184 e. The van der Waals surface area contributed by atoms with E-state index >= 15 is 0 Å². The molecule has 0 amide bonds. The molecule has 1 fully saturated rings. The van der Waals surface area contributed by atoms with Crippen LogP contribution in [0, 0.1) is 0 Å². The second kappa shape index (κ2) is 15.7. The summed E-state index contributed by atoms with van der Waals surface area (Å²) in [6.45, 7) is 11.3. The minimum absolute atomic E-state index is 0.305. The zero-order valence-electron chi connectivity index (χ0n) is 17.9. The Morgan fingerprint density at radius 2 is 1.19 bits per heavy atom. The lowest BCUT2D eigenvalue weighted by Gasteiger charge is -2.44. The van der Waals surface area contributed by atoms with Crippen LogP contribution in [0.4, 0.5) is 0 Å². The van der Waals surface area contributed by atoms with Crippen LogP contribution in [0.5, 0.6) is 0 Å². The van der Waals surface area contributed by atoms with Crippen molar-refractivity contribution in [3.63, 3.8) is 0 Å². The quantitative estimate of drug-likeness (QED) is 0.406. The van der Waals surface area contributed by atoms with Gasteiger partial charge in [0.05, 0.1) is 6.61 Å². The highest BCUT2D eigenvalue weighted by atomic mass is 16.7. The van der Waals surface area contributed by atoms with Crippen molar-refractivity contribution in [3.05, 3.63) is 0 Å². The molecule has 0 aromatic rings. The van der Waals surface area contributed by atoms with Crippen LogP contribution in [-0.2, 0) is 23.7 Å². The zero-order chi connectivity index (χ0) is 19.9. The van der Waals surface area contributed by atoms with Gasteiger partial charge < -0.3 is 28.8 Å². The van der Waals surface area contributed by atoms with Gasteiger partial charge >= 0.3 is 0 Å². The second-order valence-corrected chi connectivity index (χ2v) is 7.21. The van der Waals surface area contributed by atoms with Crippen molar-refractivity contribution in [2.45, 2.75) is 103 Å². The molecule has 27 heavy (non-hydrogen) atoms. The number of rotatable bonds is 16. The van der Waals surface area contributed by atoms with Crippen molar-refractivity contribution in [2.24, 2.45) is 0 Å². The average molecular weight is 391 g/mol. The third-order valence-corrected chi connectivity index (χ3v) is 4.66. The molecular weight excluding hydrogens is 348 g/mol. The van der Waals surface area contributed by atoms with Gasteiger partial charge in [-0.05, 0) is 25.7 Å². The Labute approximate surface area is 165 Å². The van der Waals surface area contributed by atoms with Crippen molar-refractivity contribution in [1.82, 2.24) is 0 Å². The van der Waals surface area contributed by atoms with Crippen LogP contribution in [0.1, 0.15) is 72.6 Å². The molecule has 0 aromatic carbocycles. The standard InChI is InChI=1S/C21H42O6/c1-5-9-13-24-18-17(16-23-12-8-4)27-21(22)20(26-15-11-7-3)19(18)25-14-10-6-2/h17-22H,5-16H2,1-4H3/t17?,18-,19-,20?,21-/m0/s1. The van der Waals surface area contributed by atoms with Gasteiger partial charge in [0.15, 0.2) is 6.29 Å². The maximum absolute atomic E-state index is 10.6. The minimum Gasteiger partial charge on any atom is -0.379 e. The van der Waals surface area contributed by atoms with Gasteiger partial charge in [0.2, 0.25) is 0 Å². The Balaban J connectivity index is 2.86. The predicted molar refractivity (Wildman–Crippen MR) is 106 cm³/mol. The molecular formula is C21H42O6. The van der Waals surface area contributed by atoms with E-state index in [4.69, 9.17) is 23.7 Å². The molecule has 5 atom stereocenters. The summed E-state index contributed by atoms with van der Waals surface area (Å²) < 4.78 is 29.9. The van der Waals surface area contributed by atoms with Gasteiger partial charge in [-0.3, -0.25) is 0 Å². The Hall–Kier alpha value is -0.240. The largest absolute Gasteiger partial charge is 0.379 e. The molecule has 0 bridgehead atoms. The average Bonchev–Trinajstić information content (AvgIpc) is 2.66. The molecule has 1 heterocycles. The number of ether oxygens (including phenoxy) is 5. The Kier molecular flexibility index (Phi) is 14.4. The van der Waals surface area contributed by atoms with Gasteiger partial charge in [0, 0.05) is 26.4 Å². The van der Waals surface area contributed by atoms with Gasteiger partial charge in [-0.15, -0.1) is 0 Å². The highest BCUT2D eigenvalue weighted by molar-refractivity contribution is 4.92. The molecule has 162 valence electrons. The summed E-state index contributed by atoms with van der Waals surface area (Å²) in [5, 5.41) is 10.6. The summed E-state index contributed by atoms with van der Waals surface area (Å²) in [5.74, 6) is 0. The first kappa shape index (κ1) is 24.8. The summed E-state index contributed by atoms with van der Waals surface area (Å²) in [5.41, 5.74) is 0. The van der Waals surface area contributed by atoms with E-state index < -0.39 is 12.4 Å². The summed E-state index contributed by atoms with van der Waals surface area (Å²) in [4.78, 5) is 0. The SMILES string of the molecule is CCCCOC1[C@@H](OCCCC)[C@@H](OCCCC)C(COCCC)O[C@@H]1O. The second-order valence-electron chi connectivity index (χ2n) is 7.21. The zero-order valence-corrected chi connectivity index (χ0v) is 17.9. The lowest BCUT2D eigenvalue weighted by atomic mass is 9.98. The smallest absolute Gasteiger partial charge is 0.184 e. The van der Waals surface area contributed by atoms with Gasteiger partial charge in [-0.1, -0.05) is 47.0 Å². The highest BCUT2D eigenvalue weighted by Crippen LogP contribution is 2.28. The molecule has 1 aliphatic rings. The lowest BCUT2D eigenvalue weighted by Crippen LogP contribution is -2.61. The first-order valence-corrected chi connectivity index (χ1v) is 11.0. The Bertz CT molecular complexity index is 341. The fraction of sp³-hybridized carbons (Fsp3) is 1.00. The molecule has 0 radical (unpaired) electrons. The molecule has 2 unspecified atom stereocenters. The third-order valence-electron chi connectivity index (χ3n) is 4.66. The van der Waals surface area contributed by atoms with Crippen molar-refractivity contribution >= 4 is 0 Å². The molecule has 6 nitrogen and oxygen atoms in total. The first-order chi connectivity index (χ1) is 13.2. The lowest BCUT2D eigenvalue weighted by molar-refractivity contribution is -0.312. The van der Waals surface area contributed by atoms with Crippen LogP contribution >= 0.6 is 0 Å². The van der Waals surface area contributed by atoms with Crippen molar-refractivity contribution in [1.29, 1.82) is 0 Å². The number of hydrogen-bond donors (Lipinski definition) is 1. The minimum atomic E-state index is -1.03. The molecule has 0 saturated carbocycles. The topological polar surface area (TPSA) is 66.4 Å². The number of aliphatic hydroxyl groups is 1. The molecule has 1 aliphatic heterocycles. The number of unbranched alkanes of at least 4 members (excludes halogenated alkanes) is 3. The monoisotopic (exact) mass is 390 g/mol. The van der Waals surface area contributed by atoms with Crippen LogP contribution in [0.25, 0.3) is 0 Å². The number of hydrogen-bond acceptors (Lipinski definition) is 6. The van der Waals surface area contributed by atoms with E-state index in [9.17, 15) is 5.11 Å². The van der Waals surface area contributed by atoms with E-state index in [2.05, 4.69) is 27.7 Å². The molecule has 0 aliphatic carbocycles. The van der Waals surface area contributed by atoms with E-state index in [0.29, 0.717) is 33.0 Å². The van der Waals surface area contributed by atoms with Crippen LogP contribution in [0.2, 0.25) is 0 Å². The van der Waals surface area contributed by atoms with Crippen LogP contribution < -0.4 is 0 Å². The fourth-order valence-corrected chi connectivity index (χ4v) is 3.03. The molecule has 6 heteroatoms. The predicted octanol–water partition coefficient (Wildman–Crippen LogP) is 3.69. The van der Waals surface area contributed by atoms with Gasteiger partial charge in [-0.25, -0.2) is 0 Å². The van der Waals surface area contributed by atoms with Crippen LogP contribution in [-0.4, -0.2) is 68.8 Å². The summed E-state index contributed by atoms with van der Waals surface area (Å²) in [6.07, 6.45) is 4.38. The van der Waals surface area contributed by atoms with E-state index in [0.717, 1.165) is 44.9 Å². The van der Waals surface area contributed by atoms with Crippen LogP contribution in [0.3, 0.4) is 0 Å². The van der Waals surface area contributed by atoms with E-state index in [-0.39, 0.29) is 18.3 Å². The summed E-state index contributed by atoms with van der Waals surface area (Å²) in [6, 6.07) is 0. The van der Waals surface area contributed by atoms with Crippen molar-refractivity contribution in [2.75, 3.05) is 33.0 Å². The van der Waals surface area contributed by atoms with Crippen LogP contribution in [0.15, 0.2) is 0 Å². The Morgan fingerprint density at radius 3 is 1.70 bits per heavy atom. The van der Waals surface area contributed by atoms with Gasteiger partial charge in [-0.2, -0.15) is 0 Å². The summed E-state index contributed by atoms with van der Waals surface area (Å²) in [7, 11) is 0. The molecule has 0 aromatic heterocycles. The summed E-state index contributed by atoms with van der Waals surface area (Å²) >= 11 is 0. The third kappa shape index (κ3) is 9.20. The van der Waals surface area contributed by atoms with Crippen molar-refractivity contribution < 1.29 is 28.8 Å². The van der Waals surface area contributed by atoms with E-state index in [1.807, 2.05) is 0 Å². The maximum atomic E-state index is 10.6. The van der Waals surface area contributed by atoms with Gasteiger partial charge in [0.25, 0.3) is 0 Å². The molecule has 1 rings (SSSR count). The van der Waals surface area contributed by atoms with Gasteiger partial charge in [0.1, 0.15) is 24.4 Å². The Morgan fingerprint density at radius 1 is 0.667 bits per heavy atom. The van der Waals surface area contributed by atoms with E-state index in [1.165, 1.54) is 0 Å². The van der Waals surface area contributed by atoms with E-state index in [1.54, 1.807) is 0 Å². The normalized spacial score (nSPS) is 28.6. The fourth-order valence-electron chi connectivity index (χ4n) is 3.03. The molecule has 1 N–H and O–H groups in total. The number of aliphatic hydroxyl groups excluding tert-OH is 1. The molecule has 1 saturated heterocycles. The highest BCUT2D eigenvalue weighted by Gasteiger charge is 2.47. The van der Waals surface area contributed by atoms with Crippen molar-refractivity contribution in [3.8, 4) is 0 Å². The molecule has 0 spiro atoms.